The molecule has 0 fully saturated rings. The summed E-state index contributed by atoms with van der Waals surface area (Å²) in [6, 6.07) is 5.73. The Kier molecular flexibility index (Phi) is 3.99. The highest BCUT2D eigenvalue weighted by Crippen LogP contribution is 2.30. The predicted octanol–water partition coefficient (Wildman–Crippen LogP) is 3.50. The van der Waals surface area contributed by atoms with Gasteiger partial charge in [-0.15, -0.1) is 0 Å². The van der Waals surface area contributed by atoms with Crippen molar-refractivity contribution in [2.45, 2.75) is 13.0 Å². The van der Waals surface area contributed by atoms with E-state index in [0.29, 0.717) is 29.0 Å². The number of aliphatic hydroxyl groups excluding tert-OH is 1. The van der Waals surface area contributed by atoms with E-state index in [0.717, 1.165) is 0 Å². The van der Waals surface area contributed by atoms with Crippen LogP contribution in [0.2, 0.25) is 0 Å². The van der Waals surface area contributed by atoms with Crippen molar-refractivity contribution in [1.29, 1.82) is 0 Å². The number of aliphatic hydroxyl groups is 1. The van der Waals surface area contributed by atoms with Gasteiger partial charge in [0.15, 0.2) is 0 Å². The molecule has 0 aliphatic rings. The van der Waals surface area contributed by atoms with Crippen molar-refractivity contribution in [2.75, 3.05) is 7.11 Å². The van der Waals surface area contributed by atoms with E-state index in [-0.39, 0.29) is 0 Å². The first kappa shape index (κ1) is 14.4. The Morgan fingerprint density at radius 2 is 1.65 bits per heavy atom. The molecule has 106 valence electrons. The first-order chi connectivity index (χ1) is 9.43. The van der Waals surface area contributed by atoms with Crippen LogP contribution in [0.1, 0.15) is 22.8 Å². The fourth-order valence-electron chi connectivity index (χ4n) is 2.05. The Balaban J connectivity index is 2.46. The normalized spacial score (nSPS) is 12.3. The van der Waals surface area contributed by atoms with Crippen molar-refractivity contribution in [3.8, 4) is 5.75 Å². The zero-order chi connectivity index (χ0) is 14.9. The molecule has 0 amide bonds. The zero-order valence-electron chi connectivity index (χ0n) is 11.0. The molecule has 0 spiro atoms. The number of hydrogen-bond donors (Lipinski definition) is 1. The van der Waals surface area contributed by atoms with Gasteiger partial charge in [0.25, 0.3) is 0 Å². The monoisotopic (exact) mass is 282 g/mol. The van der Waals surface area contributed by atoms with Gasteiger partial charge in [-0.05, 0) is 30.2 Å². The molecule has 0 heterocycles. The van der Waals surface area contributed by atoms with E-state index in [1.165, 1.54) is 13.2 Å². The number of rotatable bonds is 3. The molecule has 1 unspecified atom stereocenters. The van der Waals surface area contributed by atoms with E-state index in [4.69, 9.17) is 4.74 Å². The van der Waals surface area contributed by atoms with E-state index < -0.39 is 29.1 Å². The summed E-state index contributed by atoms with van der Waals surface area (Å²) in [5.74, 6) is -2.67. The average Bonchev–Trinajstić information content (AvgIpc) is 2.37. The second kappa shape index (κ2) is 5.54. The fraction of sp³-hybridized carbons (Fsp3) is 0.200. The summed E-state index contributed by atoms with van der Waals surface area (Å²) >= 11 is 0. The van der Waals surface area contributed by atoms with Crippen LogP contribution in [0.5, 0.6) is 5.75 Å². The molecule has 2 nitrogen and oxygen atoms in total. The Labute approximate surface area is 114 Å². The molecule has 0 aliphatic heterocycles. The molecule has 20 heavy (non-hydrogen) atoms. The highest BCUT2D eigenvalue weighted by molar-refractivity contribution is 5.40. The number of benzene rings is 2. The van der Waals surface area contributed by atoms with Gasteiger partial charge < -0.3 is 9.84 Å². The minimum absolute atomic E-state index is 0.299. The van der Waals surface area contributed by atoms with E-state index in [2.05, 4.69) is 0 Å². The third-order valence-electron chi connectivity index (χ3n) is 3.05. The maximum absolute atomic E-state index is 13.6. The Morgan fingerprint density at radius 3 is 2.15 bits per heavy atom. The standard InChI is InChI=1S/C15H13F3O2/c1-8-5-9(3-4-13(8)20-2)15(19)14-11(17)6-10(16)7-12(14)18/h3-7,15,19H,1-2H3. The van der Waals surface area contributed by atoms with Crippen LogP contribution in [-0.2, 0) is 0 Å². The minimum atomic E-state index is -1.51. The first-order valence-electron chi connectivity index (χ1n) is 5.91. The summed E-state index contributed by atoms with van der Waals surface area (Å²) < 4.78 is 45.2. The van der Waals surface area contributed by atoms with Gasteiger partial charge in [0.05, 0.1) is 12.7 Å². The molecular weight excluding hydrogens is 269 g/mol. The lowest BCUT2D eigenvalue weighted by molar-refractivity contribution is 0.208. The van der Waals surface area contributed by atoms with Crippen molar-refractivity contribution in [3.05, 3.63) is 64.5 Å². The van der Waals surface area contributed by atoms with Crippen LogP contribution in [0, 0.1) is 24.4 Å². The Hall–Kier alpha value is -2.01. The van der Waals surface area contributed by atoms with Gasteiger partial charge in [0, 0.05) is 12.1 Å². The molecule has 5 heteroatoms. The van der Waals surface area contributed by atoms with Crippen LogP contribution in [0.3, 0.4) is 0 Å². The van der Waals surface area contributed by atoms with Crippen LogP contribution in [0.25, 0.3) is 0 Å². The predicted molar refractivity (Wildman–Crippen MR) is 68.1 cm³/mol. The number of halogens is 3. The lowest BCUT2D eigenvalue weighted by Crippen LogP contribution is -2.07. The third-order valence-corrected chi connectivity index (χ3v) is 3.05. The topological polar surface area (TPSA) is 29.5 Å². The Bertz CT molecular complexity index is 618. The molecule has 2 aromatic rings. The highest BCUT2D eigenvalue weighted by Gasteiger charge is 2.21. The highest BCUT2D eigenvalue weighted by atomic mass is 19.1. The summed E-state index contributed by atoms with van der Waals surface area (Å²) in [5, 5.41) is 10.1. The molecule has 0 bridgehead atoms. The summed E-state index contributed by atoms with van der Waals surface area (Å²) in [5.41, 5.74) is 0.440. The number of ether oxygens (including phenoxy) is 1. The molecule has 1 N–H and O–H groups in total. The van der Waals surface area contributed by atoms with E-state index in [9.17, 15) is 18.3 Å². The van der Waals surface area contributed by atoms with E-state index in [1.54, 1.807) is 19.1 Å². The van der Waals surface area contributed by atoms with Crippen molar-refractivity contribution >= 4 is 0 Å². The number of methoxy groups -OCH3 is 1. The lowest BCUT2D eigenvalue weighted by Gasteiger charge is -2.15. The van der Waals surface area contributed by atoms with Gasteiger partial charge >= 0.3 is 0 Å². The van der Waals surface area contributed by atoms with Crippen LogP contribution in [-0.4, -0.2) is 12.2 Å². The second-order valence-corrected chi connectivity index (χ2v) is 4.41. The molecule has 0 saturated heterocycles. The van der Waals surface area contributed by atoms with Gasteiger partial charge in [-0.2, -0.15) is 0 Å². The van der Waals surface area contributed by atoms with Gasteiger partial charge in [0.1, 0.15) is 29.3 Å². The molecule has 0 aliphatic carbocycles. The van der Waals surface area contributed by atoms with Crippen LogP contribution in [0.15, 0.2) is 30.3 Å². The smallest absolute Gasteiger partial charge is 0.135 e. The largest absolute Gasteiger partial charge is 0.496 e. The maximum atomic E-state index is 13.6. The molecule has 1 atom stereocenters. The molecule has 0 radical (unpaired) electrons. The first-order valence-corrected chi connectivity index (χ1v) is 5.91. The quantitative estimate of drug-likeness (QED) is 0.933. The lowest BCUT2D eigenvalue weighted by atomic mass is 9.98. The van der Waals surface area contributed by atoms with Gasteiger partial charge in [0.2, 0.25) is 0 Å². The van der Waals surface area contributed by atoms with Crippen LogP contribution < -0.4 is 4.74 Å². The molecule has 2 rings (SSSR count). The van der Waals surface area contributed by atoms with Gasteiger partial charge in [-0.3, -0.25) is 0 Å². The van der Waals surface area contributed by atoms with Crippen molar-refractivity contribution in [3.63, 3.8) is 0 Å². The summed E-state index contributed by atoms with van der Waals surface area (Å²) in [4.78, 5) is 0. The average molecular weight is 282 g/mol. The van der Waals surface area contributed by atoms with E-state index in [1.807, 2.05) is 0 Å². The second-order valence-electron chi connectivity index (χ2n) is 4.41. The van der Waals surface area contributed by atoms with Crippen LogP contribution in [0.4, 0.5) is 13.2 Å². The molecule has 0 saturated carbocycles. The summed E-state index contributed by atoms with van der Waals surface area (Å²) in [6.45, 7) is 1.74. The summed E-state index contributed by atoms with van der Waals surface area (Å²) in [7, 11) is 1.50. The number of hydrogen-bond acceptors (Lipinski definition) is 2. The van der Waals surface area contributed by atoms with Crippen LogP contribution >= 0.6 is 0 Å². The van der Waals surface area contributed by atoms with Crippen molar-refractivity contribution < 1.29 is 23.0 Å². The van der Waals surface area contributed by atoms with Crippen molar-refractivity contribution in [2.24, 2.45) is 0 Å². The van der Waals surface area contributed by atoms with Gasteiger partial charge in [-0.1, -0.05) is 6.07 Å². The molecule has 2 aromatic carbocycles. The number of aryl methyl sites for hydroxylation is 1. The fourth-order valence-corrected chi connectivity index (χ4v) is 2.05. The SMILES string of the molecule is COc1ccc(C(O)c2c(F)cc(F)cc2F)cc1C. The van der Waals surface area contributed by atoms with Crippen molar-refractivity contribution in [1.82, 2.24) is 0 Å². The molecule has 0 aromatic heterocycles. The van der Waals surface area contributed by atoms with E-state index >= 15 is 0 Å². The zero-order valence-corrected chi connectivity index (χ0v) is 11.0. The maximum Gasteiger partial charge on any atom is 0.135 e. The molecular formula is C15H13F3O2. The third kappa shape index (κ3) is 2.63. The minimum Gasteiger partial charge on any atom is -0.496 e. The summed E-state index contributed by atoms with van der Waals surface area (Å²) in [6.07, 6.45) is -1.51. The Morgan fingerprint density at radius 1 is 1.05 bits per heavy atom. The van der Waals surface area contributed by atoms with Gasteiger partial charge in [-0.25, -0.2) is 13.2 Å².